The van der Waals surface area contributed by atoms with Crippen LogP contribution in [0.1, 0.15) is 10.4 Å². The van der Waals surface area contributed by atoms with Crippen molar-refractivity contribution in [2.75, 3.05) is 0 Å². The highest BCUT2D eigenvalue weighted by atomic mass is 35.5. The molecule has 0 saturated carbocycles. The molecule has 3 aromatic rings. The van der Waals surface area contributed by atoms with Crippen LogP contribution in [0, 0.1) is 0 Å². The summed E-state index contributed by atoms with van der Waals surface area (Å²) in [5, 5.41) is 15.9. The predicted octanol–water partition coefficient (Wildman–Crippen LogP) is 4.17. The van der Waals surface area contributed by atoms with Crippen LogP contribution in [0.15, 0.2) is 58.4 Å². The van der Waals surface area contributed by atoms with Gasteiger partial charge in [0.05, 0.1) is 6.21 Å². The van der Waals surface area contributed by atoms with E-state index in [1.54, 1.807) is 40.3 Å². The van der Waals surface area contributed by atoms with Crippen molar-refractivity contribution in [2.45, 2.75) is 10.9 Å². The van der Waals surface area contributed by atoms with Gasteiger partial charge in [-0.05, 0) is 29.1 Å². The maximum absolute atomic E-state index is 5.88. The van der Waals surface area contributed by atoms with Gasteiger partial charge in [0.2, 0.25) is 5.16 Å². The molecule has 2 heterocycles. The van der Waals surface area contributed by atoms with Gasteiger partial charge in [0.25, 0.3) is 0 Å². The van der Waals surface area contributed by atoms with Gasteiger partial charge in [-0.2, -0.15) is 9.78 Å². The Kier molecular flexibility index (Phi) is 4.69. The molecule has 0 spiro atoms. The summed E-state index contributed by atoms with van der Waals surface area (Å²) in [7, 11) is 0. The van der Waals surface area contributed by atoms with E-state index in [-0.39, 0.29) is 0 Å². The molecule has 7 heteroatoms. The Balaban J connectivity index is 1.66. The number of halogens is 1. The van der Waals surface area contributed by atoms with E-state index in [2.05, 4.69) is 15.3 Å². The van der Waals surface area contributed by atoms with E-state index >= 15 is 0 Å². The van der Waals surface area contributed by atoms with Gasteiger partial charge < -0.3 is 0 Å². The lowest BCUT2D eigenvalue weighted by Gasteiger charge is -2.01. The summed E-state index contributed by atoms with van der Waals surface area (Å²) in [6.07, 6.45) is 3.41. The molecule has 4 nitrogen and oxygen atoms in total. The number of hydrogen-bond donors (Lipinski definition) is 0. The van der Waals surface area contributed by atoms with Crippen LogP contribution in [0.2, 0.25) is 5.02 Å². The molecule has 0 saturated heterocycles. The Morgan fingerprint density at radius 3 is 2.90 bits per heavy atom. The number of nitrogens with zero attached hydrogens (tertiary/aromatic N) is 4. The van der Waals surface area contributed by atoms with E-state index in [0.717, 1.165) is 20.8 Å². The summed E-state index contributed by atoms with van der Waals surface area (Å²) in [6, 6.07) is 11.8. The Hall–Kier alpha value is -1.63. The van der Waals surface area contributed by atoms with E-state index in [1.807, 2.05) is 41.8 Å². The van der Waals surface area contributed by atoms with Crippen LogP contribution in [0.4, 0.5) is 0 Å². The molecule has 0 atom stereocenters. The molecule has 0 amide bonds. The van der Waals surface area contributed by atoms with Gasteiger partial charge in [-0.15, -0.1) is 21.5 Å². The molecule has 0 aliphatic carbocycles. The Morgan fingerprint density at radius 1 is 1.29 bits per heavy atom. The van der Waals surface area contributed by atoms with Crippen LogP contribution < -0.4 is 0 Å². The number of aromatic nitrogens is 3. The third kappa shape index (κ3) is 3.93. The largest absolute Gasteiger partial charge is 0.212 e. The van der Waals surface area contributed by atoms with Crippen molar-refractivity contribution in [3.05, 3.63) is 63.6 Å². The van der Waals surface area contributed by atoms with Crippen LogP contribution >= 0.6 is 34.7 Å². The van der Waals surface area contributed by atoms with E-state index in [4.69, 9.17) is 11.6 Å². The molecule has 0 aliphatic rings. The summed E-state index contributed by atoms with van der Waals surface area (Å²) < 4.78 is 1.68. The minimum absolute atomic E-state index is 0.743. The second kappa shape index (κ2) is 6.89. The molecule has 106 valence electrons. The summed E-state index contributed by atoms with van der Waals surface area (Å²) in [5.74, 6) is 0.796. The number of thioether (sulfide) groups is 1. The van der Waals surface area contributed by atoms with Crippen LogP contribution in [-0.2, 0) is 5.75 Å². The van der Waals surface area contributed by atoms with Crippen LogP contribution in [-0.4, -0.2) is 21.1 Å². The Morgan fingerprint density at radius 2 is 2.14 bits per heavy atom. The monoisotopic (exact) mass is 334 g/mol. The average molecular weight is 335 g/mol. The minimum Gasteiger partial charge on any atom is -0.195 e. The fraction of sp³-hybridized carbons (Fsp3) is 0.0714. The Labute approximate surface area is 135 Å². The van der Waals surface area contributed by atoms with Gasteiger partial charge in [0.1, 0.15) is 6.33 Å². The van der Waals surface area contributed by atoms with Crippen molar-refractivity contribution in [1.29, 1.82) is 0 Å². The highest BCUT2D eigenvalue weighted by Gasteiger charge is 2.04. The SMILES string of the molecule is Clc1ccc(CSc2nncn2/N=C/c2cccs2)cc1. The van der Waals surface area contributed by atoms with Crippen molar-refractivity contribution in [3.63, 3.8) is 0 Å². The van der Waals surface area contributed by atoms with Gasteiger partial charge in [0, 0.05) is 15.7 Å². The number of rotatable bonds is 5. The normalized spacial score (nSPS) is 11.3. The van der Waals surface area contributed by atoms with E-state index < -0.39 is 0 Å². The number of benzene rings is 1. The Bertz CT molecular complexity index is 720. The van der Waals surface area contributed by atoms with E-state index in [9.17, 15) is 0 Å². The first kappa shape index (κ1) is 14.3. The molecule has 0 radical (unpaired) electrons. The summed E-state index contributed by atoms with van der Waals surface area (Å²) >= 11 is 9.10. The van der Waals surface area contributed by atoms with E-state index in [1.165, 1.54) is 5.56 Å². The zero-order valence-corrected chi connectivity index (χ0v) is 13.3. The third-order valence-corrected chi connectivity index (χ3v) is 4.70. The van der Waals surface area contributed by atoms with Crippen LogP contribution in [0.25, 0.3) is 0 Å². The lowest BCUT2D eigenvalue weighted by Crippen LogP contribution is -1.91. The fourth-order valence-corrected chi connectivity index (χ4v) is 3.13. The lowest BCUT2D eigenvalue weighted by molar-refractivity contribution is 0.767. The fourth-order valence-electron chi connectivity index (χ4n) is 1.61. The first-order valence-corrected chi connectivity index (χ1v) is 8.41. The number of thiophene rings is 1. The summed E-state index contributed by atoms with van der Waals surface area (Å²) in [4.78, 5) is 1.09. The van der Waals surface area contributed by atoms with Gasteiger partial charge in [-0.25, -0.2) is 0 Å². The van der Waals surface area contributed by atoms with Gasteiger partial charge in [-0.3, -0.25) is 0 Å². The highest BCUT2D eigenvalue weighted by molar-refractivity contribution is 7.98. The van der Waals surface area contributed by atoms with Crippen molar-refractivity contribution in [1.82, 2.24) is 14.9 Å². The highest BCUT2D eigenvalue weighted by Crippen LogP contribution is 2.21. The summed E-state index contributed by atoms with van der Waals surface area (Å²) in [5.41, 5.74) is 1.18. The van der Waals surface area contributed by atoms with Crippen molar-refractivity contribution < 1.29 is 0 Å². The maximum Gasteiger partial charge on any atom is 0.212 e. The molecular weight excluding hydrogens is 324 g/mol. The van der Waals surface area contributed by atoms with Crippen molar-refractivity contribution in [2.24, 2.45) is 5.10 Å². The zero-order chi connectivity index (χ0) is 14.5. The smallest absolute Gasteiger partial charge is 0.195 e. The number of hydrogen-bond acceptors (Lipinski definition) is 5. The van der Waals surface area contributed by atoms with Gasteiger partial charge in [-0.1, -0.05) is 41.6 Å². The van der Waals surface area contributed by atoms with Gasteiger partial charge >= 0.3 is 0 Å². The minimum atomic E-state index is 0.743. The summed E-state index contributed by atoms with van der Waals surface area (Å²) in [6.45, 7) is 0. The zero-order valence-electron chi connectivity index (χ0n) is 10.9. The molecular formula is C14H11ClN4S2. The molecule has 2 aromatic heterocycles. The lowest BCUT2D eigenvalue weighted by atomic mass is 10.2. The third-order valence-electron chi connectivity index (χ3n) is 2.63. The molecule has 1 aromatic carbocycles. The molecule has 0 fully saturated rings. The van der Waals surface area contributed by atoms with Gasteiger partial charge in [0.15, 0.2) is 0 Å². The van der Waals surface area contributed by atoms with Crippen molar-refractivity contribution in [3.8, 4) is 0 Å². The first-order valence-electron chi connectivity index (χ1n) is 6.16. The van der Waals surface area contributed by atoms with Crippen molar-refractivity contribution >= 4 is 40.9 Å². The quantitative estimate of drug-likeness (QED) is 0.519. The molecule has 0 unspecified atom stereocenters. The standard InChI is InChI=1S/C14H11ClN4S2/c15-12-5-3-11(4-6-12)9-21-14-18-16-10-19(14)17-8-13-2-1-7-20-13/h1-8,10H,9H2/b17-8+. The second-order valence-corrected chi connectivity index (χ2v) is 6.49. The van der Waals surface area contributed by atoms with E-state index in [0.29, 0.717) is 0 Å². The molecule has 0 aliphatic heterocycles. The first-order chi connectivity index (χ1) is 10.3. The second-order valence-electron chi connectivity index (χ2n) is 4.13. The molecule has 3 rings (SSSR count). The molecule has 0 N–H and O–H groups in total. The maximum atomic E-state index is 5.88. The van der Waals surface area contributed by atoms with Crippen LogP contribution in [0.5, 0.6) is 0 Å². The topological polar surface area (TPSA) is 43.1 Å². The molecule has 21 heavy (non-hydrogen) atoms. The predicted molar refractivity (Wildman–Crippen MR) is 88.3 cm³/mol. The van der Waals surface area contributed by atoms with Crippen LogP contribution in [0.3, 0.4) is 0 Å². The average Bonchev–Trinajstić information content (AvgIpc) is 3.16. The molecule has 0 bridgehead atoms.